The fourth-order valence-electron chi connectivity index (χ4n) is 3.55. The lowest BCUT2D eigenvalue weighted by Crippen LogP contribution is -2.47. The van der Waals surface area contributed by atoms with E-state index in [9.17, 15) is 0 Å². The minimum atomic E-state index is 0.380. The van der Waals surface area contributed by atoms with Gasteiger partial charge in [0.1, 0.15) is 0 Å². The number of nitrogens with two attached hydrogens (primary N) is 1. The van der Waals surface area contributed by atoms with Crippen molar-refractivity contribution in [3.63, 3.8) is 0 Å². The molecule has 0 radical (unpaired) electrons. The number of ether oxygens (including phenoxy) is 1. The molecule has 2 N–H and O–H groups in total. The lowest BCUT2D eigenvalue weighted by Gasteiger charge is -2.40. The van der Waals surface area contributed by atoms with Crippen molar-refractivity contribution in [2.45, 2.75) is 57.9 Å². The highest BCUT2D eigenvalue weighted by Gasteiger charge is 2.41. The van der Waals surface area contributed by atoms with Crippen molar-refractivity contribution in [1.29, 1.82) is 0 Å². The standard InChI is InChI=1S/C13H25NO/c1-2-13(7-3-4-8-13)12(14)11-6-5-9-15-10-11/h11-12H,2-10,14H2,1H3. The molecule has 0 bridgehead atoms. The molecule has 2 rings (SSSR count). The normalized spacial score (nSPS) is 32.8. The summed E-state index contributed by atoms with van der Waals surface area (Å²) in [6.07, 6.45) is 9.21. The Morgan fingerprint density at radius 3 is 2.60 bits per heavy atom. The summed E-state index contributed by atoms with van der Waals surface area (Å²) in [5.74, 6) is 0.622. The second kappa shape index (κ2) is 4.84. The maximum Gasteiger partial charge on any atom is 0.0509 e. The lowest BCUT2D eigenvalue weighted by molar-refractivity contribution is 0.0177. The van der Waals surface area contributed by atoms with E-state index < -0.39 is 0 Å². The van der Waals surface area contributed by atoms with Gasteiger partial charge in [0.25, 0.3) is 0 Å². The maximum absolute atomic E-state index is 6.52. The van der Waals surface area contributed by atoms with Gasteiger partial charge in [-0.15, -0.1) is 0 Å². The average Bonchev–Trinajstić information content (AvgIpc) is 2.79. The highest BCUT2D eigenvalue weighted by molar-refractivity contribution is 4.95. The van der Waals surface area contributed by atoms with Gasteiger partial charge < -0.3 is 10.5 Å². The molecule has 1 aliphatic carbocycles. The van der Waals surface area contributed by atoms with Gasteiger partial charge >= 0.3 is 0 Å². The van der Waals surface area contributed by atoms with Crippen LogP contribution in [0, 0.1) is 11.3 Å². The van der Waals surface area contributed by atoms with Crippen LogP contribution in [0.2, 0.25) is 0 Å². The van der Waals surface area contributed by atoms with Crippen LogP contribution in [0.5, 0.6) is 0 Å². The van der Waals surface area contributed by atoms with Gasteiger partial charge in [0.15, 0.2) is 0 Å². The van der Waals surface area contributed by atoms with Gasteiger partial charge in [-0.05, 0) is 43.4 Å². The first-order valence-electron chi connectivity index (χ1n) is 6.62. The van der Waals surface area contributed by atoms with Crippen molar-refractivity contribution in [3.05, 3.63) is 0 Å². The highest BCUT2D eigenvalue weighted by atomic mass is 16.5. The van der Waals surface area contributed by atoms with Crippen LogP contribution in [0.4, 0.5) is 0 Å². The third-order valence-electron chi connectivity index (χ3n) is 4.71. The van der Waals surface area contributed by atoms with E-state index in [0.717, 1.165) is 13.2 Å². The van der Waals surface area contributed by atoms with Gasteiger partial charge in [-0.3, -0.25) is 0 Å². The Labute approximate surface area is 93.6 Å². The molecule has 2 unspecified atom stereocenters. The molecule has 2 fully saturated rings. The summed E-state index contributed by atoms with van der Waals surface area (Å²) in [4.78, 5) is 0. The highest BCUT2D eigenvalue weighted by Crippen LogP contribution is 2.46. The quantitative estimate of drug-likeness (QED) is 0.779. The summed E-state index contributed by atoms with van der Waals surface area (Å²) in [6, 6.07) is 0.380. The van der Waals surface area contributed by atoms with Crippen LogP contribution in [0.3, 0.4) is 0 Å². The molecular formula is C13H25NO. The zero-order valence-corrected chi connectivity index (χ0v) is 10.0. The third kappa shape index (κ3) is 2.21. The molecule has 2 heteroatoms. The zero-order valence-electron chi connectivity index (χ0n) is 10.0. The molecule has 1 saturated heterocycles. The Bertz CT molecular complexity index is 193. The smallest absolute Gasteiger partial charge is 0.0509 e. The van der Waals surface area contributed by atoms with Gasteiger partial charge in [-0.2, -0.15) is 0 Å². The first kappa shape index (κ1) is 11.4. The van der Waals surface area contributed by atoms with Gasteiger partial charge in [-0.25, -0.2) is 0 Å². The zero-order chi connectivity index (χ0) is 10.7. The predicted molar refractivity (Wildman–Crippen MR) is 62.7 cm³/mol. The SMILES string of the molecule is CCC1(C(N)C2CCCOC2)CCCC1. The van der Waals surface area contributed by atoms with Crippen LogP contribution in [0.15, 0.2) is 0 Å². The molecular weight excluding hydrogens is 186 g/mol. The van der Waals surface area contributed by atoms with Crippen molar-refractivity contribution < 1.29 is 4.74 Å². The van der Waals surface area contributed by atoms with Crippen molar-refractivity contribution in [2.24, 2.45) is 17.1 Å². The molecule has 2 nitrogen and oxygen atoms in total. The molecule has 0 spiro atoms. The van der Waals surface area contributed by atoms with E-state index >= 15 is 0 Å². The van der Waals surface area contributed by atoms with Gasteiger partial charge in [0.2, 0.25) is 0 Å². The van der Waals surface area contributed by atoms with Gasteiger partial charge in [0.05, 0.1) is 6.61 Å². The summed E-state index contributed by atoms with van der Waals surface area (Å²) in [6.45, 7) is 4.17. The summed E-state index contributed by atoms with van der Waals surface area (Å²) in [5, 5.41) is 0. The summed E-state index contributed by atoms with van der Waals surface area (Å²) in [7, 11) is 0. The van der Waals surface area contributed by atoms with Crippen molar-refractivity contribution in [2.75, 3.05) is 13.2 Å². The number of rotatable bonds is 3. The summed E-state index contributed by atoms with van der Waals surface area (Å²) >= 11 is 0. The summed E-state index contributed by atoms with van der Waals surface area (Å²) in [5.41, 5.74) is 6.97. The average molecular weight is 211 g/mol. The van der Waals surface area contributed by atoms with Crippen molar-refractivity contribution in [3.8, 4) is 0 Å². The largest absolute Gasteiger partial charge is 0.381 e. The second-order valence-corrected chi connectivity index (χ2v) is 5.43. The third-order valence-corrected chi connectivity index (χ3v) is 4.71. The fourth-order valence-corrected chi connectivity index (χ4v) is 3.55. The topological polar surface area (TPSA) is 35.2 Å². The van der Waals surface area contributed by atoms with Gasteiger partial charge in [0, 0.05) is 12.6 Å². The minimum absolute atomic E-state index is 0.380. The van der Waals surface area contributed by atoms with Crippen LogP contribution >= 0.6 is 0 Å². The van der Waals surface area contributed by atoms with Crippen molar-refractivity contribution >= 4 is 0 Å². The first-order valence-corrected chi connectivity index (χ1v) is 6.62. The van der Waals surface area contributed by atoms with Crippen LogP contribution in [0.25, 0.3) is 0 Å². The molecule has 0 aromatic carbocycles. The Morgan fingerprint density at radius 1 is 1.33 bits per heavy atom. The van der Waals surface area contributed by atoms with E-state index in [1.54, 1.807) is 0 Å². The van der Waals surface area contributed by atoms with E-state index in [-0.39, 0.29) is 0 Å². The van der Waals surface area contributed by atoms with Crippen LogP contribution < -0.4 is 5.73 Å². The lowest BCUT2D eigenvalue weighted by atomic mass is 9.70. The molecule has 2 aliphatic rings. The van der Waals surface area contributed by atoms with E-state index in [1.165, 1.54) is 44.9 Å². The molecule has 1 saturated carbocycles. The number of hydrogen-bond acceptors (Lipinski definition) is 2. The first-order chi connectivity index (χ1) is 7.28. The molecule has 15 heavy (non-hydrogen) atoms. The molecule has 0 aromatic heterocycles. The Hall–Kier alpha value is -0.0800. The Kier molecular flexibility index (Phi) is 3.68. The molecule has 0 amide bonds. The van der Waals surface area contributed by atoms with E-state index in [4.69, 9.17) is 10.5 Å². The molecule has 2 atom stereocenters. The molecule has 0 aromatic rings. The van der Waals surface area contributed by atoms with Gasteiger partial charge in [-0.1, -0.05) is 19.8 Å². The minimum Gasteiger partial charge on any atom is -0.381 e. The summed E-state index contributed by atoms with van der Waals surface area (Å²) < 4.78 is 5.57. The van der Waals surface area contributed by atoms with E-state index in [0.29, 0.717) is 17.4 Å². The Balaban J connectivity index is 2.00. The monoisotopic (exact) mass is 211 g/mol. The van der Waals surface area contributed by atoms with Crippen LogP contribution in [-0.2, 0) is 4.74 Å². The molecule has 1 heterocycles. The predicted octanol–water partition coefficient (Wildman–Crippen LogP) is 2.71. The van der Waals surface area contributed by atoms with E-state index in [1.807, 2.05) is 0 Å². The van der Waals surface area contributed by atoms with E-state index in [2.05, 4.69) is 6.92 Å². The molecule has 1 aliphatic heterocycles. The molecule has 88 valence electrons. The van der Waals surface area contributed by atoms with Crippen molar-refractivity contribution in [1.82, 2.24) is 0 Å². The second-order valence-electron chi connectivity index (χ2n) is 5.43. The maximum atomic E-state index is 6.52. The fraction of sp³-hybridized carbons (Fsp3) is 1.00. The Morgan fingerprint density at radius 2 is 2.07 bits per heavy atom. The van der Waals surface area contributed by atoms with Crippen LogP contribution in [0.1, 0.15) is 51.9 Å². The number of hydrogen-bond donors (Lipinski definition) is 1. The van der Waals surface area contributed by atoms with Crippen LogP contribution in [-0.4, -0.2) is 19.3 Å².